The lowest BCUT2D eigenvalue weighted by Gasteiger charge is -2.36. The van der Waals surface area contributed by atoms with E-state index in [-0.39, 0.29) is 23.7 Å². The Bertz CT molecular complexity index is 646. The number of aliphatic carboxylic acids is 1. The van der Waals surface area contributed by atoms with Gasteiger partial charge < -0.3 is 5.11 Å². The Morgan fingerprint density at radius 2 is 2.19 bits per heavy atom. The Morgan fingerprint density at radius 3 is 2.76 bits per heavy atom. The molecular weight excluding hydrogens is 297 g/mol. The van der Waals surface area contributed by atoms with E-state index < -0.39 is 27.3 Å². The highest BCUT2D eigenvalue weighted by Gasteiger charge is 2.45. The molecule has 1 aromatic carbocycles. The average molecular weight is 315 g/mol. The summed E-state index contributed by atoms with van der Waals surface area (Å²) in [5.74, 6) is -1.75. The van der Waals surface area contributed by atoms with Crippen molar-refractivity contribution in [3.8, 4) is 0 Å². The molecule has 1 saturated carbocycles. The number of halogens is 1. The summed E-state index contributed by atoms with van der Waals surface area (Å²) in [5, 5.41) is 9.47. The summed E-state index contributed by atoms with van der Waals surface area (Å²) in [6.07, 6.45) is 1.98. The number of carboxylic acids is 1. The first-order valence-corrected chi connectivity index (χ1v) is 8.26. The van der Waals surface area contributed by atoms with Crippen molar-refractivity contribution in [1.82, 2.24) is 4.72 Å². The molecule has 2 atom stereocenters. The molecule has 0 bridgehead atoms. The van der Waals surface area contributed by atoms with Crippen LogP contribution in [0.2, 0.25) is 0 Å². The van der Waals surface area contributed by atoms with Crippen LogP contribution in [0.15, 0.2) is 29.2 Å². The number of hydrogen-bond acceptors (Lipinski definition) is 3. The Hall–Kier alpha value is -1.47. The van der Waals surface area contributed by atoms with Crippen molar-refractivity contribution in [3.05, 3.63) is 30.1 Å². The summed E-state index contributed by atoms with van der Waals surface area (Å²) >= 11 is 0. The molecule has 1 aromatic rings. The van der Waals surface area contributed by atoms with E-state index in [1.165, 1.54) is 12.1 Å². The third kappa shape index (κ3) is 3.41. The summed E-state index contributed by atoms with van der Waals surface area (Å²) in [7, 11) is -4.08. The van der Waals surface area contributed by atoms with Crippen molar-refractivity contribution in [2.45, 2.75) is 43.0 Å². The van der Waals surface area contributed by atoms with Gasteiger partial charge in [-0.1, -0.05) is 25.8 Å². The van der Waals surface area contributed by atoms with Crippen molar-refractivity contribution in [1.29, 1.82) is 0 Å². The third-order valence-corrected chi connectivity index (χ3v) is 5.38. The van der Waals surface area contributed by atoms with Crippen LogP contribution >= 0.6 is 0 Å². The molecule has 5 nitrogen and oxygen atoms in total. The van der Waals surface area contributed by atoms with E-state index in [9.17, 15) is 22.7 Å². The van der Waals surface area contributed by atoms with Gasteiger partial charge in [0.15, 0.2) is 0 Å². The van der Waals surface area contributed by atoms with Crippen LogP contribution in [0.3, 0.4) is 0 Å². The van der Waals surface area contributed by atoms with Crippen LogP contribution in [0.5, 0.6) is 0 Å². The van der Waals surface area contributed by atoms with Gasteiger partial charge >= 0.3 is 5.97 Å². The van der Waals surface area contributed by atoms with Crippen molar-refractivity contribution >= 4 is 16.0 Å². The van der Waals surface area contributed by atoms with Gasteiger partial charge in [0, 0.05) is 0 Å². The molecule has 0 spiro atoms. The molecule has 21 heavy (non-hydrogen) atoms. The van der Waals surface area contributed by atoms with Crippen LogP contribution in [0, 0.1) is 11.7 Å². The molecular formula is C14H18FNO4S. The summed E-state index contributed by atoms with van der Waals surface area (Å²) in [6, 6.07) is 4.53. The van der Waals surface area contributed by atoms with E-state index in [2.05, 4.69) is 4.72 Å². The molecule has 2 N–H and O–H groups in total. The molecule has 2 rings (SSSR count). The van der Waals surface area contributed by atoms with Crippen LogP contribution in [0.25, 0.3) is 0 Å². The smallest absolute Gasteiger partial charge is 0.324 e. The first-order valence-electron chi connectivity index (χ1n) is 6.78. The largest absolute Gasteiger partial charge is 0.480 e. The van der Waals surface area contributed by atoms with Gasteiger partial charge in [0.05, 0.1) is 4.90 Å². The second kappa shape index (κ2) is 5.73. The van der Waals surface area contributed by atoms with E-state index in [0.29, 0.717) is 6.42 Å². The number of hydrogen-bond donors (Lipinski definition) is 2. The number of rotatable bonds is 4. The van der Waals surface area contributed by atoms with Crippen LogP contribution in [-0.4, -0.2) is 25.0 Å². The standard InChI is InChI=1S/C14H18FNO4S/c1-10-4-3-7-14(9-10,13(17)18)16-21(19,20)12-6-2-5-11(15)8-12/h2,5-6,8,10,16H,3-4,7,9H2,1H3,(H,17,18). The first-order chi connectivity index (χ1) is 9.75. The normalized spacial score (nSPS) is 26.5. The van der Waals surface area contributed by atoms with Gasteiger partial charge in [-0.25, -0.2) is 12.8 Å². The lowest BCUT2D eigenvalue weighted by Crippen LogP contribution is -2.56. The second-order valence-corrected chi connectivity index (χ2v) is 7.33. The van der Waals surface area contributed by atoms with E-state index in [1.807, 2.05) is 6.92 Å². The third-order valence-electron chi connectivity index (χ3n) is 3.84. The molecule has 1 aliphatic rings. The van der Waals surface area contributed by atoms with Gasteiger partial charge in [-0.15, -0.1) is 0 Å². The highest BCUT2D eigenvalue weighted by Crippen LogP contribution is 2.33. The maximum atomic E-state index is 13.2. The topological polar surface area (TPSA) is 83.5 Å². The van der Waals surface area contributed by atoms with E-state index >= 15 is 0 Å². The van der Waals surface area contributed by atoms with Crippen LogP contribution < -0.4 is 4.72 Å². The average Bonchev–Trinajstić information content (AvgIpc) is 2.38. The quantitative estimate of drug-likeness (QED) is 0.891. The molecule has 0 saturated heterocycles. The van der Waals surface area contributed by atoms with E-state index in [4.69, 9.17) is 0 Å². The fourth-order valence-electron chi connectivity index (χ4n) is 2.83. The van der Waals surface area contributed by atoms with Gasteiger partial charge in [0.1, 0.15) is 11.4 Å². The maximum Gasteiger partial charge on any atom is 0.324 e. The highest BCUT2D eigenvalue weighted by atomic mass is 32.2. The Morgan fingerprint density at radius 1 is 1.48 bits per heavy atom. The van der Waals surface area contributed by atoms with Crippen molar-refractivity contribution in [2.75, 3.05) is 0 Å². The van der Waals surface area contributed by atoms with Gasteiger partial charge in [-0.3, -0.25) is 4.79 Å². The summed E-state index contributed by atoms with van der Waals surface area (Å²) in [6.45, 7) is 1.90. The van der Waals surface area contributed by atoms with Crippen molar-refractivity contribution in [3.63, 3.8) is 0 Å². The molecule has 1 fully saturated rings. The fraction of sp³-hybridized carbons (Fsp3) is 0.500. The molecule has 7 heteroatoms. The Kier molecular flexibility index (Phi) is 4.34. The zero-order valence-corrected chi connectivity index (χ0v) is 12.5. The van der Waals surface area contributed by atoms with Gasteiger partial charge in [0.25, 0.3) is 0 Å². The molecule has 0 aromatic heterocycles. The van der Waals surface area contributed by atoms with Crippen LogP contribution in [0.4, 0.5) is 4.39 Å². The van der Waals surface area contributed by atoms with Crippen LogP contribution in [0.1, 0.15) is 32.6 Å². The predicted molar refractivity (Wildman–Crippen MR) is 74.7 cm³/mol. The summed E-state index contributed by atoms with van der Waals surface area (Å²) in [4.78, 5) is 11.3. The monoisotopic (exact) mass is 315 g/mol. The minimum atomic E-state index is -4.08. The zero-order valence-electron chi connectivity index (χ0n) is 11.7. The SMILES string of the molecule is CC1CCCC(NS(=O)(=O)c2cccc(F)c2)(C(=O)O)C1. The molecule has 2 unspecified atom stereocenters. The lowest BCUT2D eigenvalue weighted by molar-refractivity contribution is -0.146. The van der Waals surface area contributed by atoms with Gasteiger partial charge in [-0.05, 0) is 37.0 Å². The number of sulfonamides is 1. The summed E-state index contributed by atoms with van der Waals surface area (Å²) < 4.78 is 40.1. The highest BCUT2D eigenvalue weighted by molar-refractivity contribution is 7.89. The molecule has 116 valence electrons. The van der Waals surface area contributed by atoms with E-state index in [0.717, 1.165) is 18.6 Å². The van der Waals surface area contributed by atoms with Crippen LogP contribution in [-0.2, 0) is 14.8 Å². The second-order valence-electron chi connectivity index (χ2n) is 5.65. The first kappa shape index (κ1) is 15.9. The lowest BCUT2D eigenvalue weighted by atomic mass is 9.77. The van der Waals surface area contributed by atoms with Gasteiger partial charge in [0.2, 0.25) is 10.0 Å². The molecule has 0 aliphatic heterocycles. The summed E-state index contributed by atoms with van der Waals surface area (Å²) in [5.41, 5.74) is -1.51. The minimum Gasteiger partial charge on any atom is -0.480 e. The number of carbonyl (C=O) groups is 1. The Balaban J connectivity index is 2.34. The molecule has 0 amide bonds. The molecule has 1 aliphatic carbocycles. The van der Waals surface area contributed by atoms with Gasteiger partial charge in [-0.2, -0.15) is 4.72 Å². The minimum absolute atomic E-state index is 0.116. The fourth-order valence-corrected chi connectivity index (χ4v) is 4.26. The van der Waals surface area contributed by atoms with E-state index in [1.54, 1.807) is 0 Å². The number of carboxylic acid groups (broad SMARTS) is 1. The predicted octanol–water partition coefficient (Wildman–Crippen LogP) is 2.14. The number of nitrogens with one attached hydrogen (secondary N) is 1. The van der Waals surface area contributed by atoms with Crippen molar-refractivity contribution < 1.29 is 22.7 Å². The van der Waals surface area contributed by atoms with Crippen molar-refractivity contribution in [2.24, 2.45) is 5.92 Å². The zero-order chi connectivity index (χ0) is 15.7. The number of benzene rings is 1. The molecule has 0 heterocycles. The maximum absolute atomic E-state index is 13.2. The Labute approximate surface area is 123 Å². The molecule has 0 radical (unpaired) electrons.